The third-order valence-corrected chi connectivity index (χ3v) is 2.69. The van der Waals surface area contributed by atoms with Gasteiger partial charge in [0.05, 0.1) is 17.7 Å². The number of aryl methyl sites for hydroxylation is 1. The molecule has 20 heavy (non-hydrogen) atoms. The van der Waals surface area contributed by atoms with Gasteiger partial charge in [-0.05, 0) is 12.5 Å². The Hall–Kier alpha value is -2.48. The van der Waals surface area contributed by atoms with Gasteiger partial charge in [0, 0.05) is 19.2 Å². The van der Waals surface area contributed by atoms with E-state index in [2.05, 4.69) is 15.6 Å². The predicted molar refractivity (Wildman–Crippen MR) is 72.1 cm³/mol. The number of hydrogen-bond acceptors (Lipinski definition) is 6. The molecular formula is C12H15N5O3. The van der Waals surface area contributed by atoms with Gasteiger partial charge < -0.3 is 10.4 Å². The second-order valence-corrected chi connectivity index (χ2v) is 4.18. The maximum absolute atomic E-state index is 10.9. The highest BCUT2D eigenvalue weighted by Crippen LogP contribution is 2.23. The Labute approximate surface area is 115 Å². The van der Waals surface area contributed by atoms with Crippen LogP contribution < -0.4 is 5.32 Å². The first-order chi connectivity index (χ1) is 9.70. The molecule has 106 valence electrons. The van der Waals surface area contributed by atoms with Gasteiger partial charge in [0.25, 0.3) is 5.69 Å². The number of nitrogens with one attached hydrogen (secondary N) is 1. The van der Waals surface area contributed by atoms with Crippen molar-refractivity contribution in [2.24, 2.45) is 0 Å². The van der Waals surface area contributed by atoms with E-state index in [1.165, 1.54) is 6.07 Å². The van der Waals surface area contributed by atoms with Gasteiger partial charge >= 0.3 is 0 Å². The van der Waals surface area contributed by atoms with Crippen LogP contribution >= 0.6 is 0 Å². The van der Waals surface area contributed by atoms with Crippen LogP contribution in [0.2, 0.25) is 0 Å². The van der Waals surface area contributed by atoms with E-state index in [4.69, 9.17) is 5.11 Å². The molecule has 0 bridgehead atoms. The number of hydrogen-bond donors (Lipinski definition) is 2. The molecule has 0 unspecified atom stereocenters. The van der Waals surface area contributed by atoms with E-state index >= 15 is 0 Å². The van der Waals surface area contributed by atoms with Crippen molar-refractivity contribution in [1.29, 1.82) is 0 Å². The molecule has 0 aliphatic rings. The third kappa shape index (κ3) is 3.51. The molecular weight excluding hydrogens is 262 g/mol. The molecule has 2 N–H and O–H groups in total. The van der Waals surface area contributed by atoms with E-state index in [0.717, 1.165) is 0 Å². The van der Waals surface area contributed by atoms with E-state index < -0.39 is 4.92 Å². The first kappa shape index (κ1) is 13.9. The molecule has 1 aromatic heterocycles. The summed E-state index contributed by atoms with van der Waals surface area (Å²) >= 11 is 0. The molecule has 0 saturated carbocycles. The highest BCUT2D eigenvalue weighted by Gasteiger charge is 2.12. The van der Waals surface area contributed by atoms with Crippen LogP contribution in [-0.2, 0) is 13.1 Å². The molecule has 8 heteroatoms. The maximum atomic E-state index is 10.9. The summed E-state index contributed by atoms with van der Waals surface area (Å²) in [7, 11) is 0. The largest absolute Gasteiger partial charge is 0.396 e. The third-order valence-electron chi connectivity index (χ3n) is 2.69. The van der Waals surface area contributed by atoms with Gasteiger partial charge in [0.15, 0.2) is 0 Å². The molecule has 1 heterocycles. The monoisotopic (exact) mass is 277 g/mol. The van der Waals surface area contributed by atoms with Gasteiger partial charge in [0.1, 0.15) is 11.4 Å². The van der Waals surface area contributed by atoms with Crippen LogP contribution in [0, 0.1) is 10.1 Å². The first-order valence-electron chi connectivity index (χ1n) is 6.18. The fraction of sp³-hybridized carbons (Fsp3) is 0.333. The van der Waals surface area contributed by atoms with E-state index in [1.807, 2.05) is 0 Å². The quantitative estimate of drug-likeness (QED) is 0.581. The molecule has 0 fully saturated rings. The topological polar surface area (TPSA) is 106 Å². The van der Waals surface area contributed by atoms with Gasteiger partial charge in [-0.15, -0.1) is 5.10 Å². The minimum absolute atomic E-state index is 0.0279. The van der Waals surface area contributed by atoms with E-state index in [-0.39, 0.29) is 12.3 Å². The highest BCUT2D eigenvalue weighted by atomic mass is 16.6. The van der Waals surface area contributed by atoms with Crippen molar-refractivity contribution in [2.75, 3.05) is 11.9 Å². The van der Waals surface area contributed by atoms with Crippen molar-refractivity contribution in [3.8, 4) is 0 Å². The van der Waals surface area contributed by atoms with Crippen LogP contribution in [-0.4, -0.2) is 31.6 Å². The standard InChI is InChI=1S/C12H15N5O3/c18-7-3-6-16-9-10(14-15-16)8-13-11-4-1-2-5-12(11)17(19)20/h1-2,4-5,9,13,18H,3,6-8H2. The van der Waals surface area contributed by atoms with Gasteiger partial charge in [-0.2, -0.15) is 0 Å². The molecule has 0 spiro atoms. The van der Waals surface area contributed by atoms with Gasteiger partial charge in [-0.3, -0.25) is 14.8 Å². The Kier molecular flexibility index (Phi) is 4.61. The van der Waals surface area contributed by atoms with Crippen molar-refractivity contribution in [3.63, 3.8) is 0 Å². The number of aliphatic hydroxyl groups is 1. The lowest BCUT2D eigenvalue weighted by Crippen LogP contribution is -2.03. The number of nitro groups is 1. The van der Waals surface area contributed by atoms with E-state index in [9.17, 15) is 10.1 Å². The normalized spacial score (nSPS) is 10.4. The fourth-order valence-electron chi connectivity index (χ4n) is 1.73. The molecule has 0 aliphatic heterocycles. The number of aliphatic hydroxyl groups excluding tert-OH is 1. The summed E-state index contributed by atoms with van der Waals surface area (Å²) in [4.78, 5) is 10.4. The summed E-state index contributed by atoms with van der Waals surface area (Å²) < 4.78 is 1.63. The molecule has 0 aliphatic carbocycles. The zero-order valence-electron chi connectivity index (χ0n) is 10.8. The molecule has 1 aromatic carbocycles. The molecule has 0 atom stereocenters. The second kappa shape index (κ2) is 6.62. The van der Waals surface area contributed by atoms with Crippen LogP contribution in [0.3, 0.4) is 0 Å². The number of nitrogens with zero attached hydrogens (tertiary/aromatic N) is 4. The summed E-state index contributed by atoms with van der Waals surface area (Å²) in [6, 6.07) is 6.44. The Morgan fingerprint density at radius 1 is 1.40 bits per heavy atom. The van der Waals surface area contributed by atoms with Crippen LogP contribution in [0.25, 0.3) is 0 Å². The predicted octanol–water partition coefficient (Wildman–Crippen LogP) is 1.18. The van der Waals surface area contributed by atoms with Crippen molar-refractivity contribution < 1.29 is 10.0 Å². The zero-order valence-corrected chi connectivity index (χ0v) is 10.8. The molecule has 0 radical (unpaired) electrons. The molecule has 0 saturated heterocycles. The second-order valence-electron chi connectivity index (χ2n) is 4.18. The van der Waals surface area contributed by atoms with E-state index in [0.29, 0.717) is 30.9 Å². The average Bonchev–Trinajstić information content (AvgIpc) is 2.91. The van der Waals surface area contributed by atoms with Gasteiger partial charge in [-0.1, -0.05) is 17.3 Å². The van der Waals surface area contributed by atoms with Crippen LogP contribution in [0.1, 0.15) is 12.1 Å². The van der Waals surface area contributed by atoms with Crippen LogP contribution in [0.15, 0.2) is 30.5 Å². The van der Waals surface area contributed by atoms with Crippen molar-refractivity contribution in [3.05, 3.63) is 46.3 Å². The van der Waals surface area contributed by atoms with Crippen LogP contribution in [0.4, 0.5) is 11.4 Å². The lowest BCUT2D eigenvalue weighted by Gasteiger charge is -2.04. The summed E-state index contributed by atoms with van der Waals surface area (Å²) in [6.45, 7) is 1.04. The number of anilines is 1. The van der Waals surface area contributed by atoms with Gasteiger partial charge in [0.2, 0.25) is 0 Å². The van der Waals surface area contributed by atoms with Crippen molar-refractivity contribution in [2.45, 2.75) is 19.5 Å². The fourth-order valence-corrected chi connectivity index (χ4v) is 1.73. The Morgan fingerprint density at radius 2 is 2.20 bits per heavy atom. The Morgan fingerprint density at radius 3 is 2.95 bits per heavy atom. The minimum atomic E-state index is -0.430. The minimum Gasteiger partial charge on any atom is -0.396 e. The number of rotatable bonds is 7. The van der Waals surface area contributed by atoms with Crippen LogP contribution in [0.5, 0.6) is 0 Å². The zero-order chi connectivity index (χ0) is 14.4. The number of benzene rings is 1. The molecule has 0 amide bonds. The summed E-state index contributed by atoms with van der Waals surface area (Å²) in [5.74, 6) is 0. The van der Waals surface area contributed by atoms with Gasteiger partial charge in [-0.25, -0.2) is 0 Å². The number of nitro benzene ring substituents is 1. The number of aromatic nitrogens is 3. The smallest absolute Gasteiger partial charge is 0.292 e. The lowest BCUT2D eigenvalue weighted by atomic mass is 10.2. The Balaban J connectivity index is 1.98. The molecule has 2 rings (SSSR count). The summed E-state index contributed by atoms with van der Waals surface area (Å²) in [6.07, 6.45) is 2.36. The average molecular weight is 277 g/mol. The maximum Gasteiger partial charge on any atom is 0.292 e. The summed E-state index contributed by atoms with van der Waals surface area (Å²) in [5.41, 5.74) is 1.16. The van der Waals surface area contributed by atoms with Crippen molar-refractivity contribution >= 4 is 11.4 Å². The lowest BCUT2D eigenvalue weighted by molar-refractivity contribution is -0.384. The molecule has 8 nitrogen and oxygen atoms in total. The molecule has 2 aromatic rings. The summed E-state index contributed by atoms with van der Waals surface area (Å²) in [5, 5.41) is 30.4. The Bertz CT molecular complexity index is 584. The first-order valence-corrected chi connectivity index (χ1v) is 6.18. The van der Waals surface area contributed by atoms with E-state index in [1.54, 1.807) is 29.1 Å². The highest BCUT2D eigenvalue weighted by molar-refractivity contribution is 5.61. The SMILES string of the molecule is O=[N+]([O-])c1ccccc1NCc1cn(CCCO)nn1. The van der Waals surface area contributed by atoms with Crippen molar-refractivity contribution in [1.82, 2.24) is 15.0 Å². The number of para-hydroxylation sites is 2.